The van der Waals surface area contributed by atoms with Crippen LogP contribution in [0.4, 0.5) is 5.69 Å². The second kappa shape index (κ2) is 10.9. The SMILES string of the molecule is O=C(N/N=C\c1cc(Br)ccc1OC(=O)c1ccccc1Cl)C(=O)Nc1cccc2ccccc12. The largest absolute Gasteiger partial charge is 0.422 e. The smallest absolute Gasteiger partial charge is 0.345 e. The highest BCUT2D eigenvalue weighted by Crippen LogP contribution is 2.25. The summed E-state index contributed by atoms with van der Waals surface area (Å²) in [6, 6.07) is 24.3. The maximum atomic E-state index is 12.5. The first-order valence-corrected chi connectivity index (χ1v) is 11.5. The van der Waals surface area contributed by atoms with Gasteiger partial charge in [0.15, 0.2) is 0 Å². The second-order valence-electron chi connectivity index (χ2n) is 7.23. The number of esters is 1. The third kappa shape index (κ3) is 5.92. The minimum Gasteiger partial charge on any atom is -0.422 e. The van der Waals surface area contributed by atoms with Crippen LogP contribution in [0.1, 0.15) is 15.9 Å². The molecule has 2 amide bonds. The van der Waals surface area contributed by atoms with Crippen molar-refractivity contribution < 1.29 is 19.1 Å². The summed E-state index contributed by atoms with van der Waals surface area (Å²) in [5.74, 6) is -2.29. The van der Waals surface area contributed by atoms with Crippen molar-refractivity contribution in [2.45, 2.75) is 0 Å². The zero-order chi connectivity index (χ0) is 24.8. The van der Waals surface area contributed by atoms with Crippen molar-refractivity contribution in [3.05, 3.63) is 106 Å². The monoisotopic (exact) mass is 549 g/mol. The van der Waals surface area contributed by atoms with E-state index >= 15 is 0 Å². The maximum Gasteiger partial charge on any atom is 0.345 e. The lowest BCUT2D eigenvalue weighted by atomic mass is 10.1. The van der Waals surface area contributed by atoms with E-state index in [2.05, 4.69) is 31.8 Å². The van der Waals surface area contributed by atoms with E-state index < -0.39 is 17.8 Å². The molecule has 9 heteroatoms. The summed E-state index contributed by atoms with van der Waals surface area (Å²) >= 11 is 9.41. The van der Waals surface area contributed by atoms with Gasteiger partial charge in [0.1, 0.15) is 5.75 Å². The summed E-state index contributed by atoms with van der Waals surface area (Å²) < 4.78 is 6.16. The summed E-state index contributed by atoms with van der Waals surface area (Å²) in [5, 5.41) is 8.42. The van der Waals surface area contributed by atoms with E-state index in [1.54, 1.807) is 54.6 Å². The minimum atomic E-state index is -0.959. The topological polar surface area (TPSA) is 96.9 Å². The van der Waals surface area contributed by atoms with Gasteiger partial charge in [-0.25, -0.2) is 10.2 Å². The Labute approximate surface area is 213 Å². The standard InChI is InChI=1S/C26H17BrClN3O4/c27-18-12-13-23(35-26(34)20-9-3-4-10-21(20)28)17(14-18)15-29-31-25(33)24(32)30-22-11-5-7-16-6-1-2-8-19(16)22/h1-15H,(H,30,32)(H,31,33)/b29-15-. The number of hydrogen-bond acceptors (Lipinski definition) is 5. The predicted molar refractivity (Wildman–Crippen MR) is 139 cm³/mol. The number of carbonyl (C=O) groups excluding carboxylic acids is 3. The molecule has 0 spiro atoms. The van der Waals surface area contributed by atoms with E-state index in [4.69, 9.17) is 16.3 Å². The van der Waals surface area contributed by atoms with E-state index in [1.165, 1.54) is 6.21 Å². The molecule has 4 aromatic carbocycles. The molecule has 0 aliphatic rings. The molecule has 174 valence electrons. The van der Waals surface area contributed by atoms with Crippen molar-refractivity contribution in [1.82, 2.24) is 5.43 Å². The number of nitrogens with one attached hydrogen (secondary N) is 2. The summed E-state index contributed by atoms with van der Waals surface area (Å²) in [7, 11) is 0. The van der Waals surface area contributed by atoms with Crippen LogP contribution in [0.3, 0.4) is 0 Å². The maximum absolute atomic E-state index is 12.5. The van der Waals surface area contributed by atoms with Gasteiger partial charge in [-0.05, 0) is 41.8 Å². The van der Waals surface area contributed by atoms with Crippen LogP contribution in [0.5, 0.6) is 5.75 Å². The molecule has 0 unspecified atom stereocenters. The van der Waals surface area contributed by atoms with Gasteiger partial charge in [0.2, 0.25) is 0 Å². The summed E-state index contributed by atoms with van der Waals surface area (Å²) in [4.78, 5) is 37.2. The van der Waals surface area contributed by atoms with Crippen molar-refractivity contribution in [3.8, 4) is 5.75 Å². The molecule has 0 saturated heterocycles. The zero-order valence-corrected chi connectivity index (χ0v) is 20.3. The molecule has 0 aliphatic carbocycles. The molecule has 0 fully saturated rings. The van der Waals surface area contributed by atoms with Gasteiger partial charge in [0, 0.05) is 21.1 Å². The molecule has 0 aromatic heterocycles. The van der Waals surface area contributed by atoms with Crippen LogP contribution in [-0.4, -0.2) is 24.0 Å². The van der Waals surface area contributed by atoms with Gasteiger partial charge < -0.3 is 10.1 Å². The lowest BCUT2D eigenvalue weighted by Gasteiger charge is -2.09. The first kappa shape index (κ1) is 24.1. The normalized spacial score (nSPS) is 10.8. The summed E-state index contributed by atoms with van der Waals surface area (Å²) in [5.41, 5.74) is 3.28. The van der Waals surface area contributed by atoms with Crippen LogP contribution in [0.25, 0.3) is 10.8 Å². The van der Waals surface area contributed by atoms with Gasteiger partial charge in [-0.2, -0.15) is 5.10 Å². The molecular weight excluding hydrogens is 534 g/mol. The fourth-order valence-electron chi connectivity index (χ4n) is 3.22. The van der Waals surface area contributed by atoms with Gasteiger partial charge in [-0.15, -0.1) is 0 Å². The molecule has 2 N–H and O–H groups in total. The Morgan fingerprint density at radius 2 is 1.63 bits per heavy atom. The van der Waals surface area contributed by atoms with E-state index in [-0.39, 0.29) is 16.3 Å². The molecule has 7 nitrogen and oxygen atoms in total. The highest BCUT2D eigenvalue weighted by molar-refractivity contribution is 9.10. The molecule has 0 aliphatic heterocycles. The number of nitrogens with zero attached hydrogens (tertiary/aromatic N) is 1. The van der Waals surface area contributed by atoms with E-state index in [0.29, 0.717) is 15.7 Å². The van der Waals surface area contributed by atoms with Crippen LogP contribution in [0, 0.1) is 0 Å². The number of hydrogen-bond donors (Lipinski definition) is 2. The Bertz CT molecular complexity index is 1470. The highest BCUT2D eigenvalue weighted by atomic mass is 79.9. The Hall–Kier alpha value is -4.01. The lowest BCUT2D eigenvalue weighted by Crippen LogP contribution is -2.32. The van der Waals surface area contributed by atoms with Gasteiger partial charge in [-0.1, -0.05) is 76.1 Å². The molecule has 0 bridgehead atoms. The molecule has 0 atom stereocenters. The first-order chi connectivity index (χ1) is 16.9. The van der Waals surface area contributed by atoms with Gasteiger partial charge >= 0.3 is 17.8 Å². The number of anilines is 1. The number of rotatable bonds is 5. The van der Waals surface area contributed by atoms with Gasteiger partial charge in [0.05, 0.1) is 16.8 Å². The molecule has 4 rings (SSSR count). The number of hydrazone groups is 1. The molecule has 0 saturated carbocycles. The van der Waals surface area contributed by atoms with Gasteiger partial charge in [0.25, 0.3) is 0 Å². The average molecular weight is 551 g/mol. The average Bonchev–Trinajstić information content (AvgIpc) is 2.86. The Balaban J connectivity index is 1.44. The number of benzene rings is 4. The van der Waals surface area contributed by atoms with E-state index in [0.717, 1.165) is 10.8 Å². The van der Waals surface area contributed by atoms with Crippen molar-refractivity contribution in [2.24, 2.45) is 5.10 Å². The third-order valence-corrected chi connectivity index (χ3v) is 5.70. The van der Waals surface area contributed by atoms with Crippen molar-refractivity contribution in [1.29, 1.82) is 0 Å². The quantitative estimate of drug-likeness (QED) is 0.112. The van der Waals surface area contributed by atoms with Crippen LogP contribution in [-0.2, 0) is 9.59 Å². The van der Waals surface area contributed by atoms with Crippen LogP contribution in [0.15, 0.2) is 94.5 Å². The second-order valence-corrected chi connectivity index (χ2v) is 8.55. The van der Waals surface area contributed by atoms with Crippen molar-refractivity contribution >= 4 is 68.0 Å². The highest BCUT2D eigenvalue weighted by Gasteiger charge is 2.16. The van der Waals surface area contributed by atoms with E-state index in [1.807, 2.05) is 30.3 Å². The summed E-state index contributed by atoms with van der Waals surface area (Å²) in [6.07, 6.45) is 1.27. The Morgan fingerprint density at radius 1 is 0.886 bits per heavy atom. The molecule has 4 aromatic rings. The van der Waals surface area contributed by atoms with E-state index in [9.17, 15) is 14.4 Å². The lowest BCUT2D eigenvalue weighted by molar-refractivity contribution is -0.136. The first-order valence-electron chi connectivity index (χ1n) is 10.3. The number of halogens is 2. The Kier molecular flexibility index (Phi) is 7.54. The number of ether oxygens (including phenoxy) is 1. The molecular formula is C26H17BrClN3O4. The number of amides is 2. The zero-order valence-electron chi connectivity index (χ0n) is 18.0. The van der Waals surface area contributed by atoms with Gasteiger partial charge in [-0.3, -0.25) is 9.59 Å². The summed E-state index contributed by atoms with van der Waals surface area (Å²) in [6.45, 7) is 0. The molecule has 0 radical (unpaired) electrons. The van der Waals surface area contributed by atoms with Crippen LogP contribution in [0.2, 0.25) is 5.02 Å². The Morgan fingerprint density at radius 3 is 2.46 bits per heavy atom. The van der Waals surface area contributed by atoms with Crippen LogP contribution < -0.4 is 15.5 Å². The van der Waals surface area contributed by atoms with Crippen molar-refractivity contribution in [3.63, 3.8) is 0 Å². The fraction of sp³-hybridized carbons (Fsp3) is 0. The predicted octanol–water partition coefficient (Wildman–Crippen LogP) is 5.56. The fourth-order valence-corrected chi connectivity index (χ4v) is 3.81. The van der Waals surface area contributed by atoms with Crippen LogP contribution >= 0.6 is 27.5 Å². The minimum absolute atomic E-state index is 0.191. The number of carbonyl (C=O) groups is 3. The molecule has 35 heavy (non-hydrogen) atoms. The third-order valence-electron chi connectivity index (χ3n) is 4.88. The number of fused-ring (bicyclic) bond motifs is 1. The molecule has 0 heterocycles. The van der Waals surface area contributed by atoms with Crippen molar-refractivity contribution in [2.75, 3.05) is 5.32 Å².